The Morgan fingerprint density at radius 2 is 2.57 bits per heavy atom. The molecule has 76 valence electrons. The number of aromatic nitrogens is 1. The van der Waals surface area contributed by atoms with E-state index in [9.17, 15) is 4.79 Å². The molecule has 1 aliphatic heterocycles. The molecule has 1 aromatic rings. The van der Waals surface area contributed by atoms with Crippen molar-refractivity contribution in [1.29, 1.82) is 0 Å². The maximum atomic E-state index is 11.5. The van der Waals surface area contributed by atoms with E-state index < -0.39 is 0 Å². The number of carbonyl (C=O) groups excluding carboxylic acids is 1. The van der Waals surface area contributed by atoms with Crippen molar-refractivity contribution in [3.8, 4) is 0 Å². The number of amides is 1. The Morgan fingerprint density at radius 1 is 1.71 bits per heavy atom. The maximum Gasteiger partial charge on any atom is 0.273 e. The molecule has 1 fully saturated rings. The van der Waals surface area contributed by atoms with Crippen LogP contribution in [0.4, 0.5) is 5.88 Å². The van der Waals surface area contributed by atoms with Crippen molar-refractivity contribution < 1.29 is 14.1 Å². The number of nitrogens with two attached hydrogens (primary N) is 1. The number of nitrogen functional groups attached to an aromatic ring is 1. The number of ether oxygens (including phenoxy) is 1. The van der Waals surface area contributed by atoms with Crippen LogP contribution in [0.3, 0.4) is 0 Å². The van der Waals surface area contributed by atoms with Gasteiger partial charge in [0.05, 0.1) is 12.6 Å². The smallest absolute Gasteiger partial charge is 0.273 e. The third-order valence-electron chi connectivity index (χ3n) is 2.03. The normalized spacial score (nSPS) is 21.0. The predicted molar refractivity (Wildman–Crippen MR) is 47.6 cm³/mol. The molecule has 14 heavy (non-hydrogen) atoms. The van der Waals surface area contributed by atoms with Crippen molar-refractivity contribution in [2.75, 3.05) is 18.9 Å². The lowest BCUT2D eigenvalue weighted by atomic mass is 10.2. The monoisotopic (exact) mass is 197 g/mol. The zero-order valence-electron chi connectivity index (χ0n) is 7.53. The Kier molecular flexibility index (Phi) is 2.36. The molecule has 1 aromatic heterocycles. The molecule has 0 aromatic carbocycles. The van der Waals surface area contributed by atoms with Crippen LogP contribution in [0.15, 0.2) is 10.6 Å². The first-order valence-corrected chi connectivity index (χ1v) is 4.36. The molecule has 1 atom stereocenters. The van der Waals surface area contributed by atoms with Gasteiger partial charge in [0.1, 0.15) is 0 Å². The molecule has 0 radical (unpaired) electrons. The Morgan fingerprint density at radius 3 is 3.14 bits per heavy atom. The second kappa shape index (κ2) is 3.67. The fourth-order valence-electron chi connectivity index (χ4n) is 1.30. The number of carbonyl (C=O) groups is 1. The van der Waals surface area contributed by atoms with Crippen LogP contribution in [-0.2, 0) is 4.74 Å². The summed E-state index contributed by atoms with van der Waals surface area (Å²) in [5.41, 5.74) is 5.49. The standard InChI is InChI=1S/C8H11N3O3/c9-7-3-6(11-14-7)8(12)10-5-1-2-13-4-5/h3,5H,1-2,4,9H2,(H,10,12). The fraction of sp³-hybridized carbons (Fsp3) is 0.500. The summed E-state index contributed by atoms with van der Waals surface area (Å²) in [6.07, 6.45) is 0.832. The molecule has 2 rings (SSSR count). The summed E-state index contributed by atoms with van der Waals surface area (Å²) >= 11 is 0. The lowest BCUT2D eigenvalue weighted by Gasteiger charge is -2.07. The Balaban J connectivity index is 1.95. The van der Waals surface area contributed by atoms with Crippen molar-refractivity contribution in [3.05, 3.63) is 11.8 Å². The molecule has 0 bridgehead atoms. The summed E-state index contributed by atoms with van der Waals surface area (Å²) in [6, 6.07) is 1.46. The summed E-state index contributed by atoms with van der Waals surface area (Å²) in [5.74, 6) is -0.140. The van der Waals surface area contributed by atoms with Gasteiger partial charge >= 0.3 is 0 Å². The van der Waals surface area contributed by atoms with Crippen LogP contribution in [0.25, 0.3) is 0 Å². The van der Waals surface area contributed by atoms with Gasteiger partial charge in [-0.3, -0.25) is 4.79 Å². The van der Waals surface area contributed by atoms with Gasteiger partial charge in [0.15, 0.2) is 5.69 Å². The largest absolute Gasteiger partial charge is 0.379 e. The third-order valence-corrected chi connectivity index (χ3v) is 2.03. The highest BCUT2D eigenvalue weighted by molar-refractivity contribution is 5.92. The van der Waals surface area contributed by atoms with E-state index in [2.05, 4.69) is 15.0 Å². The third kappa shape index (κ3) is 1.85. The minimum Gasteiger partial charge on any atom is -0.379 e. The van der Waals surface area contributed by atoms with Crippen molar-refractivity contribution in [1.82, 2.24) is 10.5 Å². The van der Waals surface area contributed by atoms with Crippen LogP contribution in [0.1, 0.15) is 16.9 Å². The highest BCUT2D eigenvalue weighted by Crippen LogP contribution is 2.07. The summed E-state index contributed by atoms with van der Waals surface area (Å²) in [5, 5.41) is 6.27. The van der Waals surface area contributed by atoms with E-state index in [1.165, 1.54) is 6.07 Å². The molecular formula is C8H11N3O3. The molecule has 6 heteroatoms. The van der Waals surface area contributed by atoms with Crippen LogP contribution in [0.2, 0.25) is 0 Å². The van der Waals surface area contributed by atoms with Crippen LogP contribution in [0, 0.1) is 0 Å². The summed E-state index contributed by atoms with van der Waals surface area (Å²) in [7, 11) is 0. The summed E-state index contributed by atoms with van der Waals surface area (Å²) < 4.78 is 9.70. The molecule has 1 saturated heterocycles. The molecule has 3 N–H and O–H groups in total. The molecule has 0 spiro atoms. The van der Waals surface area contributed by atoms with E-state index in [0.29, 0.717) is 13.2 Å². The van der Waals surface area contributed by atoms with Gasteiger partial charge in [0, 0.05) is 12.7 Å². The lowest BCUT2D eigenvalue weighted by molar-refractivity contribution is 0.0921. The topological polar surface area (TPSA) is 90.4 Å². The first-order valence-electron chi connectivity index (χ1n) is 4.36. The number of anilines is 1. The molecule has 2 heterocycles. The van der Waals surface area contributed by atoms with Gasteiger partial charge in [-0.2, -0.15) is 0 Å². The number of nitrogens with one attached hydrogen (secondary N) is 1. The van der Waals surface area contributed by atoms with Crippen LogP contribution >= 0.6 is 0 Å². The highest BCUT2D eigenvalue weighted by atomic mass is 16.5. The molecule has 6 nitrogen and oxygen atoms in total. The first kappa shape index (κ1) is 9.01. The average Bonchev–Trinajstić information content (AvgIpc) is 2.75. The number of nitrogens with zero attached hydrogens (tertiary/aromatic N) is 1. The van der Waals surface area contributed by atoms with Crippen molar-refractivity contribution >= 4 is 11.8 Å². The SMILES string of the molecule is Nc1cc(C(=O)NC2CCOC2)no1. The van der Waals surface area contributed by atoms with Gasteiger partial charge in [-0.1, -0.05) is 5.16 Å². The minimum absolute atomic E-state index is 0.0698. The number of rotatable bonds is 2. The molecule has 1 amide bonds. The highest BCUT2D eigenvalue weighted by Gasteiger charge is 2.20. The van der Waals surface area contributed by atoms with Gasteiger partial charge in [0.2, 0.25) is 5.88 Å². The van der Waals surface area contributed by atoms with Crippen LogP contribution in [0.5, 0.6) is 0 Å². The maximum absolute atomic E-state index is 11.5. The number of hydrogen-bond donors (Lipinski definition) is 2. The first-order chi connectivity index (χ1) is 6.75. The second-order valence-electron chi connectivity index (χ2n) is 3.15. The zero-order chi connectivity index (χ0) is 9.97. The van der Waals surface area contributed by atoms with Crippen molar-refractivity contribution in [2.45, 2.75) is 12.5 Å². The van der Waals surface area contributed by atoms with Crippen molar-refractivity contribution in [2.24, 2.45) is 0 Å². The fourth-order valence-corrected chi connectivity index (χ4v) is 1.30. The minimum atomic E-state index is -0.277. The van der Waals surface area contributed by atoms with E-state index in [-0.39, 0.29) is 23.5 Å². The van der Waals surface area contributed by atoms with E-state index in [0.717, 1.165) is 6.42 Å². The van der Waals surface area contributed by atoms with Gasteiger partial charge in [-0.25, -0.2) is 0 Å². The van der Waals surface area contributed by atoms with E-state index >= 15 is 0 Å². The summed E-state index contributed by atoms with van der Waals surface area (Å²) in [6.45, 7) is 1.24. The van der Waals surface area contributed by atoms with Gasteiger partial charge in [-0.15, -0.1) is 0 Å². The van der Waals surface area contributed by atoms with E-state index in [1.54, 1.807) is 0 Å². The predicted octanol–water partition coefficient (Wildman–Crippen LogP) is -0.225. The van der Waals surface area contributed by atoms with Crippen LogP contribution in [-0.4, -0.2) is 30.3 Å². The second-order valence-corrected chi connectivity index (χ2v) is 3.15. The average molecular weight is 197 g/mol. The molecule has 0 aliphatic carbocycles. The van der Waals surface area contributed by atoms with Gasteiger partial charge < -0.3 is 20.3 Å². The Hall–Kier alpha value is -1.56. The van der Waals surface area contributed by atoms with Gasteiger partial charge in [-0.05, 0) is 6.42 Å². The Bertz CT molecular complexity index is 330. The molecule has 0 saturated carbocycles. The summed E-state index contributed by atoms with van der Waals surface area (Å²) in [4.78, 5) is 11.5. The quantitative estimate of drug-likeness (QED) is 0.683. The number of hydrogen-bond acceptors (Lipinski definition) is 5. The van der Waals surface area contributed by atoms with E-state index in [1.807, 2.05) is 0 Å². The molecule has 1 aliphatic rings. The zero-order valence-corrected chi connectivity index (χ0v) is 7.53. The molecule has 1 unspecified atom stereocenters. The van der Waals surface area contributed by atoms with Gasteiger partial charge in [0.25, 0.3) is 5.91 Å². The molecular weight excluding hydrogens is 186 g/mol. The lowest BCUT2D eigenvalue weighted by Crippen LogP contribution is -2.35. The Labute approximate surface area is 80.4 Å². The van der Waals surface area contributed by atoms with Crippen LogP contribution < -0.4 is 11.1 Å². The van der Waals surface area contributed by atoms with E-state index in [4.69, 9.17) is 10.5 Å². The van der Waals surface area contributed by atoms with Crippen molar-refractivity contribution in [3.63, 3.8) is 0 Å².